The van der Waals surface area contributed by atoms with Crippen molar-refractivity contribution in [2.24, 2.45) is 11.7 Å². The molecule has 0 spiro atoms. The molecule has 0 amide bonds. The Balaban J connectivity index is 0.000000222. The quantitative estimate of drug-likeness (QED) is 0.309. The zero-order chi connectivity index (χ0) is 6.24. The van der Waals surface area contributed by atoms with E-state index < -0.39 is 0 Å². The lowest BCUT2D eigenvalue weighted by atomic mass is 10.4. The Labute approximate surface area is 58.1 Å². The van der Waals surface area contributed by atoms with Gasteiger partial charge in [-0.2, -0.15) is 0 Å². The second-order valence-corrected chi connectivity index (χ2v) is 4.05. The summed E-state index contributed by atoms with van der Waals surface area (Å²) >= 11 is 0. The van der Waals surface area contributed by atoms with Gasteiger partial charge in [-0.05, 0) is 12.8 Å². The van der Waals surface area contributed by atoms with Gasteiger partial charge in [-0.25, -0.2) is 0 Å². The number of rotatable bonds is 0. The van der Waals surface area contributed by atoms with E-state index in [1.54, 1.807) is 0 Å². The molecule has 1 rings (SSSR count). The molecule has 1 saturated heterocycles. The maximum Gasteiger partial charge on any atom is 0.00372 e. The molecule has 1 heterocycles. The maximum atomic E-state index is 4.00. The normalized spacial score (nSPS) is 18.8. The molecule has 0 aromatic carbocycles. The van der Waals surface area contributed by atoms with Gasteiger partial charge in [0.1, 0.15) is 0 Å². The summed E-state index contributed by atoms with van der Waals surface area (Å²) in [6.07, 6.45) is 2.88. The van der Waals surface area contributed by atoms with E-state index in [-0.39, 0.29) is 0 Å². The van der Waals surface area contributed by atoms with Crippen molar-refractivity contribution in [3.05, 3.63) is 0 Å². The lowest BCUT2D eigenvalue weighted by Crippen LogP contribution is -2.02. The van der Waals surface area contributed by atoms with Gasteiger partial charge in [0.25, 0.3) is 0 Å². The van der Waals surface area contributed by atoms with Gasteiger partial charge in [0, 0.05) is 11.5 Å². The average Bonchev–Trinajstić information content (AvgIpc) is 1.96. The van der Waals surface area contributed by atoms with Gasteiger partial charge in [0.2, 0.25) is 0 Å². The standard InChI is InChI=1S/C4H8S2.H4N2/c1-2-4-6-5-3-1;1-2/h1-4H2;1-2H2. The summed E-state index contributed by atoms with van der Waals surface area (Å²) in [5.41, 5.74) is 0. The smallest absolute Gasteiger partial charge is 0.00372 e. The predicted octanol–water partition coefficient (Wildman–Crippen LogP) is 0.980. The van der Waals surface area contributed by atoms with Crippen LogP contribution in [0.1, 0.15) is 12.8 Å². The molecule has 50 valence electrons. The molecule has 4 N–H and O–H groups in total. The molecular formula is C4H12N2S2. The van der Waals surface area contributed by atoms with Crippen molar-refractivity contribution in [3.63, 3.8) is 0 Å². The Morgan fingerprint density at radius 3 is 1.38 bits per heavy atom. The van der Waals surface area contributed by atoms with Crippen molar-refractivity contribution < 1.29 is 0 Å². The first-order valence-corrected chi connectivity index (χ1v) is 5.07. The van der Waals surface area contributed by atoms with Crippen LogP contribution in [0.15, 0.2) is 0 Å². The largest absolute Gasteiger partial charge is 0.274 e. The van der Waals surface area contributed by atoms with Gasteiger partial charge in [-0.3, -0.25) is 11.7 Å². The van der Waals surface area contributed by atoms with E-state index >= 15 is 0 Å². The number of hydrazine groups is 1. The summed E-state index contributed by atoms with van der Waals surface area (Å²) in [4.78, 5) is 0. The molecule has 1 aliphatic rings. The highest BCUT2D eigenvalue weighted by Crippen LogP contribution is 2.28. The summed E-state index contributed by atoms with van der Waals surface area (Å²) in [6, 6.07) is 0. The molecule has 0 atom stereocenters. The molecule has 0 bridgehead atoms. The molecule has 2 nitrogen and oxygen atoms in total. The number of hydrogen-bond acceptors (Lipinski definition) is 4. The van der Waals surface area contributed by atoms with Crippen LogP contribution in [0.5, 0.6) is 0 Å². The minimum absolute atomic E-state index is 1.38. The SMILES string of the molecule is C1CCSSC1.NN. The predicted molar refractivity (Wildman–Crippen MR) is 42.5 cm³/mol. The zero-order valence-electron chi connectivity index (χ0n) is 4.80. The molecule has 4 heteroatoms. The minimum atomic E-state index is 1.38. The molecular weight excluding hydrogens is 140 g/mol. The molecule has 0 aromatic heterocycles. The molecule has 8 heavy (non-hydrogen) atoms. The third-order valence-corrected chi connectivity index (χ3v) is 3.37. The van der Waals surface area contributed by atoms with Crippen molar-refractivity contribution in [2.75, 3.05) is 11.5 Å². The van der Waals surface area contributed by atoms with Gasteiger partial charge >= 0.3 is 0 Å². The Hall–Kier alpha value is 0.620. The van der Waals surface area contributed by atoms with E-state index in [1.165, 1.54) is 24.3 Å². The zero-order valence-corrected chi connectivity index (χ0v) is 6.43. The van der Waals surface area contributed by atoms with Crippen LogP contribution in [-0.4, -0.2) is 11.5 Å². The fraction of sp³-hybridized carbons (Fsp3) is 1.00. The van der Waals surface area contributed by atoms with Crippen LogP contribution in [0, 0.1) is 0 Å². The van der Waals surface area contributed by atoms with Crippen molar-refractivity contribution in [1.29, 1.82) is 0 Å². The summed E-state index contributed by atoms with van der Waals surface area (Å²) < 4.78 is 0. The summed E-state index contributed by atoms with van der Waals surface area (Å²) in [5.74, 6) is 10.8. The minimum Gasteiger partial charge on any atom is -0.274 e. The van der Waals surface area contributed by atoms with E-state index in [0.717, 1.165) is 0 Å². The molecule has 1 aliphatic heterocycles. The first kappa shape index (κ1) is 8.62. The van der Waals surface area contributed by atoms with E-state index in [2.05, 4.69) is 11.7 Å². The van der Waals surface area contributed by atoms with Crippen molar-refractivity contribution in [2.45, 2.75) is 12.8 Å². The number of nitrogens with two attached hydrogens (primary N) is 2. The molecule has 0 unspecified atom stereocenters. The van der Waals surface area contributed by atoms with Crippen LogP contribution in [0.25, 0.3) is 0 Å². The average molecular weight is 152 g/mol. The topological polar surface area (TPSA) is 52.0 Å². The first-order chi connectivity index (χ1) is 4.00. The third kappa shape index (κ3) is 4.77. The maximum absolute atomic E-state index is 4.00. The second kappa shape index (κ2) is 7.62. The summed E-state index contributed by atoms with van der Waals surface area (Å²) in [7, 11) is 4.02. The van der Waals surface area contributed by atoms with E-state index in [4.69, 9.17) is 0 Å². The van der Waals surface area contributed by atoms with E-state index in [1.807, 2.05) is 21.6 Å². The Bertz CT molecular complexity index is 27.5. The molecule has 0 saturated carbocycles. The highest BCUT2D eigenvalue weighted by Gasteiger charge is 1.96. The van der Waals surface area contributed by atoms with Crippen molar-refractivity contribution in [3.8, 4) is 0 Å². The van der Waals surface area contributed by atoms with E-state index in [9.17, 15) is 0 Å². The Morgan fingerprint density at radius 2 is 1.25 bits per heavy atom. The Kier molecular flexibility index (Phi) is 8.21. The summed E-state index contributed by atoms with van der Waals surface area (Å²) in [6.45, 7) is 0. The van der Waals surface area contributed by atoms with E-state index in [0.29, 0.717) is 0 Å². The van der Waals surface area contributed by atoms with Gasteiger partial charge in [0.15, 0.2) is 0 Å². The van der Waals surface area contributed by atoms with Crippen LogP contribution in [0.4, 0.5) is 0 Å². The van der Waals surface area contributed by atoms with Gasteiger partial charge < -0.3 is 0 Å². The molecule has 1 fully saturated rings. The Morgan fingerprint density at radius 1 is 0.875 bits per heavy atom. The van der Waals surface area contributed by atoms with Crippen LogP contribution >= 0.6 is 21.6 Å². The third-order valence-electron chi connectivity index (χ3n) is 0.789. The monoisotopic (exact) mass is 152 g/mol. The lowest BCUT2D eigenvalue weighted by Gasteiger charge is -2.04. The fourth-order valence-electron chi connectivity index (χ4n) is 0.440. The first-order valence-electron chi connectivity index (χ1n) is 2.58. The van der Waals surface area contributed by atoms with Gasteiger partial charge in [-0.15, -0.1) is 0 Å². The van der Waals surface area contributed by atoms with Crippen LogP contribution in [-0.2, 0) is 0 Å². The molecule has 0 aromatic rings. The highest BCUT2D eigenvalue weighted by atomic mass is 33.1. The summed E-state index contributed by atoms with van der Waals surface area (Å²) in [5, 5.41) is 0. The van der Waals surface area contributed by atoms with Crippen molar-refractivity contribution >= 4 is 21.6 Å². The fourth-order valence-corrected chi connectivity index (χ4v) is 2.73. The van der Waals surface area contributed by atoms with Crippen LogP contribution in [0.2, 0.25) is 0 Å². The van der Waals surface area contributed by atoms with Crippen molar-refractivity contribution in [1.82, 2.24) is 0 Å². The highest BCUT2D eigenvalue weighted by molar-refractivity contribution is 8.76. The van der Waals surface area contributed by atoms with Crippen LogP contribution in [0.3, 0.4) is 0 Å². The van der Waals surface area contributed by atoms with Gasteiger partial charge in [-0.1, -0.05) is 21.6 Å². The lowest BCUT2D eigenvalue weighted by molar-refractivity contribution is 0.906. The van der Waals surface area contributed by atoms with Gasteiger partial charge in [0.05, 0.1) is 0 Å². The van der Waals surface area contributed by atoms with Crippen LogP contribution < -0.4 is 11.7 Å². The molecule has 0 radical (unpaired) electrons. The molecule has 0 aliphatic carbocycles. The number of hydrogen-bond donors (Lipinski definition) is 2. The second-order valence-electron chi connectivity index (χ2n) is 1.35.